The summed E-state index contributed by atoms with van der Waals surface area (Å²) in [6, 6.07) is 9.89. The van der Waals surface area contributed by atoms with Crippen LogP contribution in [-0.2, 0) is 5.75 Å². The molecule has 4 rings (SSSR count). The van der Waals surface area contributed by atoms with Crippen molar-refractivity contribution in [2.24, 2.45) is 0 Å². The summed E-state index contributed by atoms with van der Waals surface area (Å²) in [6.07, 6.45) is 1.60. The zero-order chi connectivity index (χ0) is 19.5. The lowest BCUT2D eigenvalue weighted by atomic mass is 10.2. The summed E-state index contributed by atoms with van der Waals surface area (Å²) >= 11 is 2.91. The van der Waals surface area contributed by atoms with E-state index in [1.807, 2.05) is 17.5 Å². The molecule has 4 aromatic rings. The molecule has 0 aliphatic carbocycles. The SMILES string of the molecule is Nn1c(SCc2coc(-c3cccs3)n2)nnc1-c1ccc(OC(F)F)cc1. The minimum absolute atomic E-state index is 0.0593. The monoisotopic (exact) mass is 421 g/mol. The fourth-order valence-corrected chi connectivity index (χ4v) is 3.77. The third-order valence-electron chi connectivity index (χ3n) is 3.64. The molecule has 0 fully saturated rings. The number of nitrogen functional groups attached to an aromatic ring is 1. The first-order valence-corrected chi connectivity index (χ1v) is 9.83. The van der Waals surface area contributed by atoms with Gasteiger partial charge in [-0.1, -0.05) is 17.8 Å². The zero-order valence-corrected chi connectivity index (χ0v) is 15.8. The van der Waals surface area contributed by atoms with E-state index in [1.54, 1.807) is 29.7 Å². The van der Waals surface area contributed by atoms with Crippen LogP contribution in [0.3, 0.4) is 0 Å². The van der Waals surface area contributed by atoms with Crippen molar-refractivity contribution < 1.29 is 17.9 Å². The molecule has 0 aliphatic rings. The molecule has 1 aromatic carbocycles. The van der Waals surface area contributed by atoms with Gasteiger partial charge in [-0.25, -0.2) is 9.66 Å². The van der Waals surface area contributed by atoms with E-state index >= 15 is 0 Å². The number of alkyl halides is 2. The first-order chi connectivity index (χ1) is 13.6. The summed E-state index contributed by atoms with van der Waals surface area (Å²) in [7, 11) is 0. The van der Waals surface area contributed by atoms with E-state index in [4.69, 9.17) is 10.3 Å². The van der Waals surface area contributed by atoms with Crippen LogP contribution in [0, 0.1) is 0 Å². The molecule has 2 N–H and O–H groups in total. The maximum atomic E-state index is 12.2. The molecule has 11 heteroatoms. The maximum Gasteiger partial charge on any atom is 0.387 e. The molecule has 0 saturated heterocycles. The number of hydrogen-bond acceptors (Lipinski definition) is 8. The predicted molar refractivity (Wildman–Crippen MR) is 102 cm³/mol. The standard InChI is InChI=1S/C17H13F2N5O2S2/c18-16(19)26-12-5-3-10(4-6-12)14-22-23-17(24(14)20)28-9-11-8-25-15(21-11)13-2-1-7-27-13/h1-8,16H,9,20H2. The lowest BCUT2D eigenvalue weighted by molar-refractivity contribution is -0.0498. The van der Waals surface area contributed by atoms with E-state index in [-0.39, 0.29) is 5.75 Å². The first-order valence-electron chi connectivity index (χ1n) is 7.97. The van der Waals surface area contributed by atoms with E-state index < -0.39 is 6.61 Å². The number of halogens is 2. The fraction of sp³-hybridized carbons (Fsp3) is 0.118. The minimum Gasteiger partial charge on any atom is -0.444 e. The van der Waals surface area contributed by atoms with Crippen molar-refractivity contribution >= 4 is 23.1 Å². The Morgan fingerprint density at radius 3 is 2.75 bits per heavy atom. The van der Waals surface area contributed by atoms with Crippen LogP contribution < -0.4 is 10.6 Å². The van der Waals surface area contributed by atoms with Gasteiger partial charge in [-0.15, -0.1) is 21.5 Å². The highest BCUT2D eigenvalue weighted by molar-refractivity contribution is 7.98. The molecular formula is C17H13F2N5O2S2. The van der Waals surface area contributed by atoms with Crippen LogP contribution in [0.2, 0.25) is 0 Å². The number of nitrogens with zero attached hydrogens (tertiary/aromatic N) is 4. The molecule has 0 bridgehead atoms. The second kappa shape index (κ2) is 7.98. The number of ether oxygens (including phenoxy) is 1. The molecule has 28 heavy (non-hydrogen) atoms. The molecule has 0 atom stereocenters. The Morgan fingerprint density at radius 1 is 1.21 bits per heavy atom. The summed E-state index contributed by atoms with van der Waals surface area (Å²) in [5, 5.41) is 10.6. The summed E-state index contributed by atoms with van der Waals surface area (Å²) < 4.78 is 35.6. The van der Waals surface area contributed by atoms with Gasteiger partial charge >= 0.3 is 6.61 Å². The summed E-state index contributed by atoms with van der Waals surface area (Å²) in [6.45, 7) is -2.87. The van der Waals surface area contributed by atoms with Crippen molar-refractivity contribution in [2.75, 3.05) is 5.84 Å². The lowest BCUT2D eigenvalue weighted by Crippen LogP contribution is -2.11. The van der Waals surface area contributed by atoms with Crippen molar-refractivity contribution in [3.05, 3.63) is 53.7 Å². The number of thioether (sulfide) groups is 1. The average Bonchev–Trinajstić information content (AvgIpc) is 3.41. The molecule has 7 nitrogen and oxygen atoms in total. The second-order valence-corrected chi connectivity index (χ2v) is 7.38. The minimum atomic E-state index is -2.87. The molecule has 3 aromatic heterocycles. The van der Waals surface area contributed by atoms with E-state index in [1.165, 1.54) is 28.6 Å². The maximum absolute atomic E-state index is 12.2. The average molecular weight is 421 g/mol. The van der Waals surface area contributed by atoms with Gasteiger partial charge in [0, 0.05) is 11.3 Å². The van der Waals surface area contributed by atoms with Gasteiger partial charge in [-0.3, -0.25) is 0 Å². The van der Waals surface area contributed by atoms with Gasteiger partial charge in [0.1, 0.15) is 12.0 Å². The van der Waals surface area contributed by atoms with E-state index in [9.17, 15) is 8.78 Å². The van der Waals surface area contributed by atoms with Gasteiger partial charge in [-0.2, -0.15) is 8.78 Å². The predicted octanol–water partition coefficient (Wildman–Crippen LogP) is 4.27. The van der Waals surface area contributed by atoms with Gasteiger partial charge in [0.05, 0.1) is 10.6 Å². The van der Waals surface area contributed by atoms with Crippen LogP contribution in [0.25, 0.3) is 22.2 Å². The Kier molecular flexibility index (Phi) is 5.26. The van der Waals surface area contributed by atoms with Crippen LogP contribution in [-0.4, -0.2) is 26.5 Å². The van der Waals surface area contributed by atoms with E-state index in [2.05, 4.69) is 19.9 Å². The Balaban J connectivity index is 1.44. The number of oxazole rings is 1. The second-order valence-electron chi connectivity index (χ2n) is 5.49. The highest BCUT2D eigenvalue weighted by Gasteiger charge is 2.14. The van der Waals surface area contributed by atoms with Crippen LogP contribution in [0.4, 0.5) is 8.78 Å². The summed E-state index contributed by atoms with van der Waals surface area (Å²) in [5.41, 5.74) is 1.39. The van der Waals surface area contributed by atoms with E-state index in [0.29, 0.717) is 28.2 Å². The van der Waals surface area contributed by atoms with Crippen LogP contribution in [0.5, 0.6) is 5.75 Å². The molecule has 3 heterocycles. The largest absolute Gasteiger partial charge is 0.444 e. The van der Waals surface area contributed by atoms with Gasteiger partial charge < -0.3 is 15.0 Å². The van der Waals surface area contributed by atoms with Gasteiger partial charge in [-0.05, 0) is 35.7 Å². The number of nitrogens with two attached hydrogens (primary N) is 1. The van der Waals surface area contributed by atoms with Crippen LogP contribution in [0.15, 0.2) is 57.6 Å². The van der Waals surface area contributed by atoms with Crippen molar-refractivity contribution in [1.29, 1.82) is 0 Å². The number of thiophene rings is 1. The molecule has 0 unspecified atom stereocenters. The smallest absolute Gasteiger partial charge is 0.387 e. The molecule has 0 radical (unpaired) electrons. The van der Waals surface area contributed by atoms with Gasteiger partial charge in [0.2, 0.25) is 11.0 Å². The molecule has 0 spiro atoms. The Morgan fingerprint density at radius 2 is 2.04 bits per heavy atom. The number of rotatable bonds is 7. The van der Waals surface area contributed by atoms with Crippen molar-refractivity contribution in [3.8, 4) is 27.9 Å². The van der Waals surface area contributed by atoms with E-state index in [0.717, 1.165) is 10.6 Å². The normalized spacial score (nSPS) is 11.2. The molecule has 0 amide bonds. The number of aromatic nitrogens is 4. The molecular weight excluding hydrogens is 408 g/mol. The zero-order valence-electron chi connectivity index (χ0n) is 14.2. The molecule has 0 aliphatic heterocycles. The highest BCUT2D eigenvalue weighted by Crippen LogP contribution is 2.28. The Labute approximate surface area is 166 Å². The Hall–Kier alpha value is -2.92. The third-order valence-corrected chi connectivity index (χ3v) is 5.47. The molecule has 144 valence electrons. The first kappa shape index (κ1) is 18.4. The molecule has 0 saturated carbocycles. The summed E-state index contributed by atoms with van der Waals surface area (Å²) in [4.78, 5) is 5.40. The topological polar surface area (TPSA) is 92.0 Å². The van der Waals surface area contributed by atoms with Crippen molar-refractivity contribution in [1.82, 2.24) is 19.9 Å². The van der Waals surface area contributed by atoms with Crippen molar-refractivity contribution in [2.45, 2.75) is 17.5 Å². The van der Waals surface area contributed by atoms with Crippen LogP contribution in [0.1, 0.15) is 5.69 Å². The lowest BCUT2D eigenvalue weighted by Gasteiger charge is -2.06. The van der Waals surface area contributed by atoms with Crippen LogP contribution >= 0.6 is 23.1 Å². The number of benzene rings is 1. The fourth-order valence-electron chi connectivity index (χ4n) is 2.38. The van der Waals surface area contributed by atoms with Crippen molar-refractivity contribution in [3.63, 3.8) is 0 Å². The summed E-state index contributed by atoms with van der Waals surface area (Å²) in [5.74, 6) is 7.63. The van der Waals surface area contributed by atoms with Gasteiger partial charge in [0.25, 0.3) is 0 Å². The Bertz CT molecular complexity index is 1050. The highest BCUT2D eigenvalue weighted by atomic mass is 32.2. The van der Waals surface area contributed by atoms with Gasteiger partial charge in [0.15, 0.2) is 5.82 Å². The quantitative estimate of drug-likeness (QED) is 0.352. The third kappa shape index (κ3) is 3.99. The number of hydrogen-bond donors (Lipinski definition) is 1.